The van der Waals surface area contributed by atoms with Crippen molar-refractivity contribution in [2.75, 3.05) is 31.1 Å². The number of hydrogen-bond acceptors (Lipinski definition) is 3. The Morgan fingerprint density at radius 2 is 1.92 bits per heavy atom. The van der Waals surface area contributed by atoms with Crippen LogP contribution in [0.15, 0.2) is 42.5 Å². The van der Waals surface area contributed by atoms with Crippen LogP contribution in [0.4, 0.5) is 5.69 Å². The van der Waals surface area contributed by atoms with Gasteiger partial charge in [0.1, 0.15) is 0 Å². The third kappa shape index (κ3) is 3.61. The third-order valence-corrected chi connectivity index (χ3v) is 5.94. The summed E-state index contributed by atoms with van der Waals surface area (Å²) in [7, 11) is 0. The number of likely N-dealkylation sites (tertiary alicyclic amines) is 1. The van der Waals surface area contributed by atoms with Crippen LogP contribution in [0, 0.1) is 18.3 Å². The van der Waals surface area contributed by atoms with Crippen molar-refractivity contribution >= 4 is 5.69 Å². The standard InChI is InChI=1S/C23H27N3/c1-18-3-2-4-19(15-18)7-11-25-12-9-22(10-13-25)26-14-8-21-16-20(17-24)5-6-23(21)26/h2-6,15-16,22H,7-14H2,1H3. The molecule has 26 heavy (non-hydrogen) atoms. The Kier molecular flexibility index (Phi) is 4.95. The van der Waals surface area contributed by atoms with Gasteiger partial charge in [-0.1, -0.05) is 29.8 Å². The predicted molar refractivity (Wildman–Crippen MR) is 107 cm³/mol. The fourth-order valence-electron chi connectivity index (χ4n) is 4.49. The molecule has 3 nitrogen and oxygen atoms in total. The first-order chi connectivity index (χ1) is 12.7. The van der Waals surface area contributed by atoms with Crippen molar-refractivity contribution in [1.82, 2.24) is 4.90 Å². The zero-order chi connectivity index (χ0) is 17.9. The van der Waals surface area contributed by atoms with E-state index in [0.717, 1.165) is 31.5 Å². The fourth-order valence-corrected chi connectivity index (χ4v) is 4.49. The highest BCUT2D eigenvalue weighted by Crippen LogP contribution is 2.33. The van der Waals surface area contributed by atoms with Crippen LogP contribution in [-0.4, -0.2) is 37.1 Å². The van der Waals surface area contributed by atoms with Gasteiger partial charge in [0.15, 0.2) is 0 Å². The van der Waals surface area contributed by atoms with E-state index in [1.807, 2.05) is 6.07 Å². The lowest BCUT2D eigenvalue weighted by molar-refractivity contribution is 0.212. The molecule has 0 atom stereocenters. The van der Waals surface area contributed by atoms with Crippen molar-refractivity contribution < 1.29 is 0 Å². The average Bonchev–Trinajstić information content (AvgIpc) is 3.10. The van der Waals surface area contributed by atoms with E-state index >= 15 is 0 Å². The number of aryl methyl sites for hydroxylation is 1. The van der Waals surface area contributed by atoms with Crippen molar-refractivity contribution in [1.29, 1.82) is 5.26 Å². The maximum atomic E-state index is 9.09. The number of benzene rings is 2. The normalized spacial score (nSPS) is 17.9. The Bertz CT molecular complexity index is 812. The first kappa shape index (κ1) is 17.1. The second kappa shape index (κ2) is 7.51. The van der Waals surface area contributed by atoms with Gasteiger partial charge in [0.25, 0.3) is 0 Å². The van der Waals surface area contributed by atoms with E-state index in [1.54, 1.807) is 0 Å². The van der Waals surface area contributed by atoms with Gasteiger partial charge in [-0.15, -0.1) is 0 Å². The Labute approximate surface area is 156 Å². The Morgan fingerprint density at radius 3 is 2.69 bits per heavy atom. The number of nitrogens with zero attached hydrogens (tertiary/aromatic N) is 3. The maximum absolute atomic E-state index is 9.09. The Hall–Kier alpha value is -2.31. The second-order valence-corrected chi connectivity index (χ2v) is 7.71. The molecule has 134 valence electrons. The van der Waals surface area contributed by atoms with Crippen LogP contribution < -0.4 is 4.90 Å². The summed E-state index contributed by atoms with van der Waals surface area (Å²) >= 11 is 0. The van der Waals surface area contributed by atoms with E-state index in [0.29, 0.717) is 6.04 Å². The number of anilines is 1. The zero-order valence-corrected chi connectivity index (χ0v) is 15.6. The number of hydrogen-bond donors (Lipinski definition) is 0. The molecule has 0 bridgehead atoms. The molecular formula is C23H27N3. The van der Waals surface area contributed by atoms with E-state index < -0.39 is 0 Å². The van der Waals surface area contributed by atoms with Gasteiger partial charge in [0.2, 0.25) is 0 Å². The van der Waals surface area contributed by atoms with Crippen LogP contribution in [0.25, 0.3) is 0 Å². The summed E-state index contributed by atoms with van der Waals surface area (Å²) in [5.41, 5.74) is 6.31. The molecule has 0 aliphatic carbocycles. The smallest absolute Gasteiger partial charge is 0.0991 e. The van der Waals surface area contributed by atoms with Crippen molar-refractivity contribution in [3.63, 3.8) is 0 Å². The van der Waals surface area contributed by atoms with Crippen molar-refractivity contribution in [2.45, 2.75) is 38.6 Å². The van der Waals surface area contributed by atoms with Gasteiger partial charge in [-0.3, -0.25) is 0 Å². The summed E-state index contributed by atoms with van der Waals surface area (Å²) in [5, 5.41) is 9.09. The number of fused-ring (bicyclic) bond motifs is 1. The van der Waals surface area contributed by atoms with Crippen LogP contribution in [-0.2, 0) is 12.8 Å². The molecule has 2 aromatic rings. The molecule has 0 N–H and O–H groups in total. The average molecular weight is 345 g/mol. The fraction of sp³-hybridized carbons (Fsp3) is 0.435. The highest BCUT2D eigenvalue weighted by Gasteiger charge is 2.29. The van der Waals surface area contributed by atoms with Gasteiger partial charge in [0.05, 0.1) is 11.6 Å². The molecule has 1 fully saturated rings. The van der Waals surface area contributed by atoms with Gasteiger partial charge in [-0.25, -0.2) is 0 Å². The minimum atomic E-state index is 0.652. The predicted octanol–water partition coefficient (Wildman–Crippen LogP) is 3.94. The van der Waals surface area contributed by atoms with Crippen LogP contribution in [0.2, 0.25) is 0 Å². The summed E-state index contributed by atoms with van der Waals surface area (Å²) in [6, 6.07) is 18.0. The van der Waals surface area contributed by atoms with Gasteiger partial charge < -0.3 is 9.80 Å². The Balaban J connectivity index is 1.31. The zero-order valence-electron chi connectivity index (χ0n) is 15.6. The molecular weight excluding hydrogens is 318 g/mol. The van der Waals surface area contributed by atoms with Crippen LogP contribution in [0.3, 0.4) is 0 Å². The third-order valence-electron chi connectivity index (χ3n) is 5.94. The molecule has 1 saturated heterocycles. The summed E-state index contributed by atoms with van der Waals surface area (Å²) in [5.74, 6) is 0. The van der Waals surface area contributed by atoms with Crippen LogP contribution in [0.5, 0.6) is 0 Å². The summed E-state index contributed by atoms with van der Waals surface area (Å²) in [6.07, 6.45) is 4.72. The lowest BCUT2D eigenvalue weighted by Crippen LogP contribution is -2.45. The minimum absolute atomic E-state index is 0.652. The molecule has 0 saturated carbocycles. The topological polar surface area (TPSA) is 30.3 Å². The molecule has 0 spiro atoms. The lowest BCUT2D eigenvalue weighted by Gasteiger charge is -2.38. The molecule has 2 aromatic carbocycles. The SMILES string of the molecule is Cc1cccc(CCN2CCC(N3CCc4cc(C#N)ccc43)CC2)c1. The number of nitriles is 1. The molecule has 0 aromatic heterocycles. The van der Waals surface area contributed by atoms with Crippen molar-refractivity contribution in [3.05, 3.63) is 64.7 Å². The van der Waals surface area contributed by atoms with Crippen LogP contribution >= 0.6 is 0 Å². The lowest BCUT2D eigenvalue weighted by atomic mass is 10.0. The quantitative estimate of drug-likeness (QED) is 0.841. The summed E-state index contributed by atoms with van der Waals surface area (Å²) in [6.45, 7) is 6.83. The van der Waals surface area contributed by atoms with Crippen LogP contribution in [0.1, 0.15) is 35.1 Å². The highest BCUT2D eigenvalue weighted by atomic mass is 15.2. The summed E-state index contributed by atoms with van der Waals surface area (Å²) < 4.78 is 0. The molecule has 0 unspecified atom stereocenters. The molecule has 0 radical (unpaired) electrons. The van der Waals surface area contributed by atoms with E-state index in [4.69, 9.17) is 5.26 Å². The second-order valence-electron chi connectivity index (χ2n) is 7.71. The van der Waals surface area contributed by atoms with Crippen molar-refractivity contribution in [2.24, 2.45) is 0 Å². The van der Waals surface area contributed by atoms with E-state index in [-0.39, 0.29) is 0 Å². The molecule has 2 heterocycles. The largest absolute Gasteiger partial charge is 0.368 e. The van der Waals surface area contributed by atoms with Gasteiger partial charge in [-0.2, -0.15) is 5.26 Å². The first-order valence-electron chi connectivity index (χ1n) is 9.80. The molecule has 0 amide bonds. The van der Waals surface area contributed by atoms with Gasteiger partial charge in [-0.05, 0) is 61.9 Å². The minimum Gasteiger partial charge on any atom is -0.368 e. The van der Waals surface area contributed by atoms with Gasteiger partial charge >= 0.3 is 0 Å². The first-order valence-corrected chi connectivity index (χ1v) is 9.80. The maximum Gasteiger partial charge on any atom is 0.0991 e. The van der Waals surface area contributed by atoms with Crippen molar-refractivity contribution in [3.8, 4) is 6.07 Å². The number of rotatable bonds is 4. The molecule has 4 rings (SSSR count). The van der Waals surface area contributed by atoms with E-state index in [2.05, 4.69) is 59.2 Å². The summed E-state index contributed by atoms with van der Waals surface area (Å²) in [4.78, 5) is 5.21. The molecule has 3 heteroatoms. The Morgan fingerprint density at radius 1 is 1.08 bits per heavy atom. The van der Waals surface area contributed by atoms with E-state index in [1.165, 1.54) is 48.3 Å². The molecule has 2 aliphatic rings. The molecule has 2 aliphatic heterocycles. The monoisotopic (exact) mass is 345 g/mol. The highest BCUT2D eigenvalue weighted by molar-refractivity contribution is 5.61. The van der Waals surface area contributed by atoms with E-state index in [9.17, 15) is 0 Å². The van der Waals surface area contributed by atoms with Gasteiger partial charge in [0, 0.05) is 37.9 Å². The number of piperidine rings is 1.